The summed E-state index contributed by atoms with van der Waals surface area (Å²) in [6, 6.07) is 20.3. The summed E-state index contributed by atoms with van der Waals surface area (Å²) >= 11 is 0. The Hall–Kier alpha value is -6.94. The lowest BCUT2D eigenvalue weighted by Gasteiger charge is -2.08. The van der Waals surface area contributed by atoms with Crippen LogP contribution in [0.15, 0.2) is 127 Å². The number of ether oxygens (including phenoxy) is 1. The third-order valence-electron chi connectivity index (χ3n) is 7.62. The van der Waals surface area contributed by atoms with Crippen LogP contribution in [0.1, 0.15) is 0 Å². The molecule has 0 heterocycles. The van der Waals surface area contributed by atoms with Crippen LogP contribution >= 0.6 is 0 Å². The van der Waals surface area contributed by atoms with Gasteiger partial charge in [0.15, 0.2) is 11.4 Å². The van der Waals surface area contributed by atoms with Crippen molar-refractivity contribution in [3.8, 4) is 11.5 Å². The Labute approximate surface area is 297 Å². The minimum Gasteiger partial charge on any atom is -0.457 e. The van der Waals surface area contributed by atoms with Crippen LogP contribution in [0.4, 0.5) is 45.5 Å². The number of rotatable bonds is 10. The molecule has 0 spiro atoms. The Kier molecular flexibility index (Phi) is 9.24. The number of fused-ring (bicyclic) bond motifs is 2. The normalized spacial score (nSPS) is 12.2. The number of hydrogen-bond acceptors (Lipinski definition) is 15. The van der Waals surface area contributed by atoms with Gasteiger partial charge in [-0.15, -0.1) is 20.5 Å². The van der Waals surface area contributed by atoms with Crippen LogP contribution in [0.5, 0.6) is 11.5 Å². The van der Waals surface area contributed by atoms with E-state index < -0.39 is 41.5 Å². The monoisotopic (exact) mass is 758 g/mol. The maximum atomic E-state index is 12.0. The van der Waals surface area contributed by atoms with Crippen LogP contribution < -0.4 is 16.2 Å². The fourth-order valence-corrected chi connectivity index (χ4v) is 6.13. The summed E-state index contributed by atoms with van der Waals surface area (Å²) in [5.74, 6) is -0.177. The first-order valence-electron chi connectivity index (χ1n) is 14.7. The number of nitrogens with two attached hydrogens (primary N) is 2. The molecule has 19 nitrogen and oxygen atoms in total. The Morgan fingerprint density at radius 2 is 0.943 bits per heavy atom. The van der Waals surface area contributed by atoms with Crippen molar-refractivity contribution in [2.75, 3.05) is 11.5 Å². The molecule has 268 valence electrons. The summed E-state index contributed by atoms with van der Waals surface area (Å²) in [6.07, 6.45) is 0. The van der Waals surface area contributed by atoms with E-state index in [-0.39, 0.29) is 55.4 Å². The fraction of sp³-hybridized carbons (Fsp3) is 0. The topological polar surface area (TPSA) is 306 Å². The molecule has 0 aliphatic rings. The van der Waals surface area contributed by atoms with E-state index in [1.807, 2.05) is 0 Å². The Morgan fingerprint density at radius 3 is 1.30 bits per heavy atom. The molecule has 6 rings (SSSR count). The molecule has 0 saturated carbocycles. The molecule has 0 aromatic heterocycles. The fourth-order valence-electron chi connectivity index (χ4n) is 5.10. The van der Waals surface area contributed by atoms with E-state index >= 15 is 0 Å². The van der Waals surface area contributed by atoms with E-state index in [1.165, 1.54) is 72.8 Å². The van der Waals surface area contributed by atoms with E-state index in [9.17, 15) is 46.2 Å². The lowest BCUT2D eigenvalue weighted by atomic mass is 10.1. The number of nitro benzene ring substituents is 2. The van der Waals surface area contributed by atoms with Gasteiger partial charge in [0.1, 0.15) is 22.9 Å². The number of nitro groups is 2. The highest BCUT2D eigenvalue weighted by molar-refractivity contribution is 7.86. The highest BCUT2D eigenvalue weighted by Crippen LogP contribution is 2.41. The molecule has 0 aliphatic carbocycles. The van der Waals surface area contributed by atoms with Crippen molar-refractivity contribution in [1.82, 2.24) is 0 Å². The van der Waals surface area contributed by atoms with E-state index in [2.05, 4.69) is 20.5 Å². The highest BCUT2D eigenvalue weighted by atomic mass is 32.2. The van der Waals surface area contributed by atoms with E-state index in [0.29, 0.717) is 21.5 Å². The SMILES string of the molecule is Nc1ccc2cc(S(=O)(=O)O)ccc2c1N=Nc1ccc(Oc2ccc(N=Nc3c(N)ccc4cc(S(=O)(=O)O)ccc34)c([N+](=O)[O-])c2)cc1[N+](=O)[O-]. The number of nitrogens with zero attached hydrogens (tertiary/aromatic N) is 6. The van der Waals surface area contributed by atoms with Crippen LogP contribution in [-0.4, -0.2) is 35.8 Å². The zero-order chi connectivity index (χ0) is 38.2. The third kappa shape index (κ3) is 7.57. The lowest BCUT2D eigenvalue weighted by molar-refractivity contribution is -0.384. The first-order chi connectivity index (χ1) is 25.0. The van der Waals surface area contributed by atoms with Crippen molar-refractivity contribution in [3.63, 3.8) is 0 Å². The minimum absolute atomic E-state index is 0.0815. The second kappa shape index (κ2) is 13.6. The summed E-state index contributed by atoms with van der Waals surface area (Å²) in [6.45, 7) is 0. The Morgan fingerprint density at radius 1 is 0.547 bits per heavy atom. The molecule has 6 aromatic carbocycles. The number of hydrogen-bond donors (Lipinski definition) is 4. The molecule has 0 saturated heterocycles. The van der Waals surface area contributed by atoms with Gasteiger partial charge in [-0.25, -0.2) is 0 Å². The quantitative estimate of drug-likeness (QED) is 0.0338. The van der Waals surface area contributed by atoms with Gasteiger partial charge in [-0.1, -0.05) is 24.3 Å². The second-order valence-corrected chi connectivity index (χ2v) is 13.9. The number of azo groups is 2. The molecule has 0 amide bonds. The van der Waals surface area contributed by atoms with Crippen LogP contribution in [0.25, 0.3) is 21.5 Å². The zero-order valence-corrected chi connectivity index (χ0v) is 28.1. The largest absolute Gasteiger partial charge is 0.457 e. The summed E-state index contributed by atoms with van der Waals surface area (Å²) in [5.41, 5.74) is 11.0. The van der Waals surface area contributed by atoms with Crippen molar-refractivity contribution >= 4 is 87.3 Å². The van der Waals surface area contributed by atoms with Gasteiger partial charge >= 0.3 is 0 Å². The van der Waals surface area contributed by atoms with Crippen LogP contribution in [-0.2, 0) is 20.2 Å². The van der Waals surface area contributed by atoms with Gasteiger partial charge in [0, 0.05) is 10.8 Å². The molecule has 0 atom stereocenters. The number of anilines is 2. The molecule has 6 N–H and O–H groups in total. The average Bonchev–Trinajstić information content (AvgIpc) is 3.10. The Bertz CT molecular complexity index is 2620. The van der Waals surface area contributed by atoms with Crippen molar-refractivity contribution in [3.05, 3.63) is 117 Å². The van der Waals surface area contributed by atoms with Gasteiger partial charge in [0.25, 0.3) is 31.6 Å². The summed E-state index contributed by atoms with van der Waals surface area (Å²) < 4.78 is 70.6. The number of benzene rings is 6. The van der Waals surface area contributed by atoms with E-state index in [1.54, 1.807) is 0 Å². The van der Waals surface area contributed by atoms with Gasteiger partial charge in [0.2, 0.25) is 0 Å². The lowest BCUT2D eigenvalue weighted by Crippen LogP contribution is -1.97. The highest BCUT2D eigenvalue weighted by Gasteiger charge is 2.20. The number of nitrogen functional groups attached to an aromatic ring is 2. The van der Waals surface area contributed by atoms with Crippen LogP contribution in [0.3, 0.4) is 0 Å². The molecule has 0 fully saturated rings. The maximum absolute atomic E-state index is 12.0. The van der Waals surface area contributed by atoms with Crippen molar-refractivity contribution < 1.29 is 40.5 Å². The summed E-state index contributed by atoms with van der Waals surface area (Å²) in [5, 5.41) is 41.5. The molecular weight excluding hydrogens is 737 g/mol. The molecule has 0 radical (unpaired) electrons. The molecule has 21 heteroatoms. The molecular formula is C32H22N8O11S2. The first-order valence-corrected chi connectivity index (χ1v) is 17.6. The van der Waals surface area contributed by atoms with Gasteiger partial charge in [0.05, 0.1) is 43.1 Å². The minimum atomic E-state index is -4.49. The maximum Gasteiger partial charge on any atom is 0.300 e. The third-order valence-corrected chi connectivity index (χ3v) is 9.32. The summed E-state index contributed by atoms with van der Waals surface area (Å²) in [7, 11) is -8.98. The van der Waals surface area contributed by atoms with Gasteiger partial charge in [-0.2, -0.15) is 16.8 Å². The Balaban J connectivity index is 1.28. The van der Waals surface area contributed by atoms with Crippen LogP contribution in [0, 0.1) is 20.2 Å². The standard InChI is InChI=1S/C32H22N8O11S2/c33-25-9-1-17-13-21(52(45,46)47)5-7-23(17)31(25)37-35-27-11-3-19(15-29(27)39(41)42)51-20-4-12-28(30(16-20)40(43)44)36-38-32-24-8-6-22(53(48,49)50)14-18(24)2-10-26(32)34/h1-16H,33-34H2,(H,45,46,47)(H,48,49,50). The van der Waals surface area contributed by atoms with E-state index in [0.717, 1.165) is 24.3 Å². The van der Waals surface area contributed by atoms with Crippen molar-refractivity contribution in [2.45, 2.75) is 9.79 Å². The second-order valence-electron chi connectivity index (χ2n) is 11.0. The zero-order valence-electron chi connectivity index (χ0n) is 26.5. The average molecular weight is 759 g/mol. The van der Waals surface area contributed by atoms with Gasteiger partial charge in [-0.3, -0.25) is 29.3 Å². The van der Waals surface area contributed by atoms with E-state index in [4.69, 9.17) is 16.2 Å². The first kappa shape index (κ1) is 35.9. The van der Waals surface area contributed by atoms with Gasteiger partial charge < -0.3 is 16.2 Å². The molecule has 53 heavy (non-hydrogen) atoms. The van der Waals surface area contributed by atoms with Crippen molar-refractivity contribution in [2.24, 2.45) is 20.5 Å². The molecule has 0 unspecified atom stereocenters. The summed E-state index contributed by atoms with van der Waals surface area (Å²) in [4.78, 5) is 21.7. The molecule has 0 aliphatic heterocycles. The van der Waals surface area contributed by atoms with Crippen LogP contribution in [0.2, 0.25) is 0 Å². The van der Waals surface area contributed by atoms with Gasteiger partial charge in [-0.05, 0) is 71.4 Å². The predicted molar refractivity (Wildman–Crippen MR) is 191 cm³/mol. The van der Waals surface area contributed by atoms with Crippen molar-refractivity contribution in [1.29, 1.82) is 0 Å². The molecule has 0 bridgehead atoms. The smallest absolute Gasteiger partial charge is 0.300 e. The molecule has 6 aromatic rings. The predicted octanol–water partition coefficient (Wildman–Crippen LogP) is 8.09.